The average Bonchev–Trinajstić information content (AvgIpc) is 2.88. The summed E-state index contributed by atoms with van der Waals surface area (Å²) < 4.78 is 86.7. The third-order valence-corrected chi connectivity index (χ3v) is 10.3. The van der Waals surface area contributed by atoms with E-state index in [4.69, 9.17) is 4.78 Å². The highest BCUT2D eigenvalue weighted by Crippen LogP contribution is 3.02. The second kappa shape index (κ2) is 9.47. The molecule has 39 heavy (non-hydrogen) atoms. The Morgan fingerprint density at radius 2 is 1.51 bits per heavy atom. The number of nitrogens with one attached hydrogen (secondary N) is 2. The third-order valence-electron chi connectivity index (χ3n) is 6.73. The first kappa shape index (κ1) is 28.8. The van der Waals surface area contributed by atoms with Crippen LogP contribution >= 0.6 is 10.2 Å². The molecule has 1 atom stereocenters. The van der Waals surface area contributed by atoms with Gasteiger partial charge in [0.1, 0.15) is 4.90 Å². The van der Waals surface area contributed by atoms with Gasteiger partial charge in [-0.2, -0.15) is 0 Å². The molecule has 2 aromatic carbocycles. The van der Waals surface area contributed by atoms with Crippen LogP contribution < -0.4 is 5.32 Å². The van der Waals surface area contributed by atoms with Crippen molar-refractivity contribution in [1.29, 1.82) is 4.78 Å². The lowest BCUT2D eigenvalue weighted by atomic mass is 9.95. The first-order chi connectivity index (χ1) is 17.9. The quantitative estimate of drug-likeness (QED) is 0.275. The molecule has 3 aromatic rings. The molecule has 1 saturated carbocycles. The molecule has 2 N–H and O–H groups in total. The Hall–Kier alpha value is -3.19. The van der Waals surface area contributed by atoms with Crippen LogP contribution in [-0.4, -0.2) is 45.4 Å². The van der Waals surface area contributed by atoms with Crippen molar-refractivity contribution in [2.75, 3.05) is 19.4 Å². The fraction of sp³-hybridized carbons (Fsp3) is 0.308. The van der Waals surface area contributed by atoms with E-state index < -0.39 is 30.1 Å². The van der Waals surface area contributed by atoms with Gasteiger partial charge in [0.05, 0.1) is 21.0 Å². The zero-order chi connectivity index (χ0) is 28.7. The molecule has 212 valence electrons. The van der Waals surface area contributed by atoms with E-state index in [2.05, 4.69) is 10.3 Å². The molecule has 1 aliphatic rings. The van der Waals surface area contributed by atoms with Crippen molar-refractivity contribution in [2.24, 2.45) is 0 Å². The Bertz CT molecular complexity index is 1450. The van der Waals surface area contributed by atoms with E-state index in [9.17, 15) is 28.4 Å². The highest BCUT2D eigenvalue weighted by Gasteiger charge is 2.65. The monoisotopic (exact) mass is 588 g/mol. The van der Waals surface area contributed by atoms with Crippen LogP contribution in [0.3, 0.4) is 0 Å². The van der Waals surface area contributed by atoms with Crippen LogP contribution in [0.2, 0.25) is 0 Å². The van der Waals surface area contributed by atoms with Gasteiger partial charge >= 0.3 is 10.2 Å². The molecule has 0 radical (unpaired) electrons. The molecule has 1 heterocycles. The lowest BCUT2D eigenvalue weighted by Gasteiger charge is -2.40. The largest absolute Gasteiger partial charge is 0.382 e. The number of carbonyl (C=O) groups excluding carboxylic acids is 1. The molecular weight excluding hydrogens is 559 g/mol. The number of halogens is 5. The number of carbonyl (C=O) groups is 1. The molecule has 1 unspecified atom stereocenters. The summed E-state index contributed by atoms with van der Waals surface area (Å²) in [5.41, 5.74) is 2.13. The molecule has 4 rings (SSSR count). The number of hydrogen-bond acceptors (Lipinski definition) is 5. The second-order valence-corrected chi connectivity index (χ2v) is 14.6. The van der Waals surface area contributed by atoms with Crippen LogP contribution in [0.15, 0.2) is 76.7 Å². The van der Waals surface area contributed by atoms with E-state index in [0.717, 1.165) is 17.7 Å². The minimum atomic E-state index is -9.71. The molecule has 1 fully saturated rings. The van der Waals surface area contributed by atoms with Crippen LogP contribution in [-0.2, 0) is 9.73 Å². The summed E-state index contributed by atoms with van der Waals surface area (Å²) in [5.74, 6) is -0.159. The highest BCUT2D eigenvalue weighted by atomic mass is 32.5. The van der Waals surface area contributed by atoms with Gasteiger partial charge in [-0.05, 0) is 74.2 Å². The molecule has 0 aliphatic heterocycles. The Labute approximate surface area is 224 Å². The Kier molecular flexibility index (Phi) is 7.00. The van der Waals surface area contributed by atoms with Gasteiger partial charge < -0.3 is 10.2 Å². The lowest BCUT2D eigenvalue weighted by molar-refractivity contribution is 0.0827. The van der Waals surface area contributed by atoms with Crippen LogP contribution in [0.4, 0.5) is 25.1 Å². The maximum atomic E-state index is 13.4. The summed E-state index contributed by atoms with van der Waals surface area (Å²) in [6, 6.07) is 12.8. The van der Waals surface area contributed by atoms with Gasteiger partial charge in [-0.3, -0.25) is 9.78 Å². The van der Waals surface area contributed by atoms with E-state index in [1.54, 1.807) is 50.5 Å². The SMILES string of the molecule is CN(C)C(=O)c1ccc(-c2ccc(S(=N)(=O)C3CCC(Nc4ccc(S(F)(F)(F)(F)F)cc4)CC3)cc2)nc1. The molecule has 0 spiro atoms. The van der Waals surface area contributed by atoms with Crippen molar-refractivity contribution in [3.05, 3.63) is 72.4 Å². The summed E-state index contributed by atoms with van der Waals surface area (Å²) in [6.07, 6.45) is 3.49. The minimum absolute atomic E-state index is 0.141. The van der Waals surface area contributed by atoms with E-state index in [-0.39, 0.29) is 11.9 Å². The average molecular weight is 589 g/mol. The number of anilines is 1. The van der Waals surface area contributed by atoms with Gasteiger partial charge in [-0.25, -0.2) is 8.99 Å². The molecule has 1 amide bonds. The van der Waals surface area contributed by atoms with Crippen molar-refractivity contribution < 1.29 is 28.4 Å². The van der Waals surface area contributed by atoms with Crippen LogP contribution in [0.25, 0.3) is 11.3 Å². The van der Waals surface area contributed by atoms with Gasteiger partial charge in [0.25, 0.3) is 5.91 Å². The zero-order valence-electron chi connectivity index (χ0n) is 21.3. The van der Waals surface area contributed by atoms with E-state index in [1.807, 2.05) is 0 Å². The predicted molar refractivity (Wildman–Crippen MR) is 144 cm³/mol. The van der Waals surface area contributed by atoms with Crippen molar-refractivity contribution in [1.82, 2.24) is 9.88 Å². The first-order valence-corrected chi connectivity index (χ1v) is 15.7. The predicted octanol–water partition coefficient (Wildman–Crippen LogP) is 7.94. The minimum Gasteiger partial charge on any atom is -0.382 e. The van der Waals surface area contributed by atoms with E-state index >= 15 is 0 Å². The fourth-order valence-electron chi connectivity index (χ4n) is 4.55. The van der Waals surface area contributed by atoms with Crippen LogP contribution in [0, 0.1) is 4.78 Å². The number of benzene rings is 2. The van der Waals surface area contributed by atoms with Gasteiger partial charge in [0.15, 0.2) is 0 Å². The van der Waals surface area contributed by atoms with Gasteiger partial charge in [-0.1, -0.05) is 31.6 Å². The summed E-state index contributed by atoms with van der Waals surface area (Å²) in [4.78, 5) is 16.3. The maximum absolute atomic E-state index is 13.4. The maximum Gasteiger partial charge on any atom is 0.310 e. The smallest absolute Gasteiger partial charge is 0.310 e. The van der Waals surface area contributed by atoms with E-state index in [0.29, 0.717) is 59.7 Å². The number of hydrogen-bond donors (Lipinski definition) is 2. The van der Waals surface area contributed by atoms with Gasteiger partial charge in [0, 0.05) is 47.7 Å². The van der Waals surface area contributed by atoms with Crippen molar-refractivity contribution >= 4 is 31.5 Å². The summed E-state index contributed by atoms with van der Waals surface area (Å²) in [7, 11) is -9.53. The van der Waals surface area contributed by atoms with Gasteiger partial charge in [0.2, 0.25) is 0 Å². The Balaban J connectivity index is 1.37. The van der Waals surface area contributed by atoms with Crippen LogP contribution in [0.1, 0.15) is 36.0 Å². The number of aromatic nitrogens is 1. The summed E-state index contributed by atoms with van der Waals surface area (Å²) in [6.45, 7) is 0. The molecule has 0 saturated heterocycles. The van der Waals surface area contributed by atoms with Crippen molar-refractivity contribution in [2.45, 2.75) is 46.8 Å². The summed E-state index contributed by atoms with van der Waals surface area (Å²) >= 11 is 0. The first-order valence-electron chi connectivity index (χ1n) is 12.1. The number of rotatable bonds is 7. The molecule has 0 bridgehead atoms. The van der Waals surface area contributed by atoms with E-state index in [1.165, 1.54) is 11.1 Å². The van der Waals surface area contributed by atoms with Gasteiger partial charge in [-0.15, -0.1) is 0 Å². The lowest BCUT2D eigenvalue weighted by Crippen LogP contribution is -2.32. The molecule has 6 nitrogen and oxygen atoms in total. The standard InChI is InChI=1S/C26H29F5N4O2S2/c1-35(2)26(36)19-5-16-25(33-17-19)18-3-10-22(11-4-18)38(32,37)23-12-6-20(7-13-23)34-21-8-14-24(15-9-21)39(27,28,29,30)31/h3-5,8-11,14-17,20,23,32,34H,6-7,12-13H2,1-2H3. The normalized spacial score (nSPS) is 21.2. The number of pyridine rings is 1. The molecular formula is C26H29F5N4O2S2. The highest BCUT2D eigenvalue weighted by molar-refractivity contribution is 8.45. The summed E-state index contributed by atoms with van der Waals surface area (Å²) in [5, 5.41) is 2.66. The van der Waals surface area contributed by atoms with Crippen molar-refractivity contribution in [3.8, 4) is 11.3 Å². The molecule has 1 aromatic heterocycles. The fourth-order valence-corrected chi connectivity index (χ4v) is 7.06. The zero-order valence-corrected chi connectivity index (χ0v) is 22.9. The number of nitrogens with zero attached hydrogens (tertiary/aromatic N) is 2. The topological polar surface area (TPSA) is 86.2 Å². The third kappa shape index (κ3) is 6.70. The molecule has 13 heteroatoms. The van der Waals surface area contributed by atoms with Crippen molar-refractivity contribution in [3.63, 3.8) is 0 Å². The molecule has 1 aliphatic carbocycles. The van der Waals surface area contributed by atoms with Crippen LogP contribution in [0.5, 0.6) is 0 Å². The number of amides is 1. The second-order valence-electron chi connectivity index (χ2n) is 9.87. The Morgan fingerprint density at radius 3 is 2.00 bits per heavy atom. The Morgan fingerprint density at radius 1 is 0.923 bits per heavy atom.